The third-order valence-electron chi connectivity index (χ3n) is 6.10. The molecule has 180 valence electrons. The minimum absolute atomic E-state index is 0.0740. The zero-order valence-electron chi connectivity index (χ0n) is 19.7. The Bertz CT molecular complexity index is 1100. The van der Waals surface area contributed by atoms with Gasteiger partial charge in [0.15, 0.2) is 5.76 Å². The van der Waals surface area contributed by atoms with Gasteiger partial charge < -0.3 is 19.2 Å². The van der Waals surface area contributed by atoms with Crippen molar-refractivity contribution in [3.8, 4) is 5.75 Å². The first-order valence-corrected chi connectivity index (χ1v) is 12.3. The smallest absolute Gasteiger partial charge is 0.309 e. The van der Waals surface area contributed by atoms with Crippen molar-refractivity contribution in [1.29, 1.82) is 0 Å². The summed E-state index contributed by atoms with van der Waals surface area (Å²) < 4.78 is 15.9. The zero-order valence-corrected chi connectivity index (χ0v) is 20.5. The lowest BCUT2D eigenvalue weighted by Gasteiger charge is -2.37. The molecular weight excluding hydrogens is 452 g/mol. The number of hydrogen-bond acceptors (Lipinski definition) is 7. The Morgan fingerprint density at radius 2 is 1.94 bits per heavy atom. The van der Waals surface area contributed by atoms with Crippen LogP contribution in [0.5, 0.6) is 5.75 Å². The molecular formula is C26H30N2O5S. The van der Waals surface area contributed by atoms with Crippen molar-refractivity contribution in [2.24, 2.45) is 5.92 Å². The molecule has 0 saturated carbocycles. The highest BCUT2D eigenvalue weighted by Crippen LogP contribution is 2.41. The van der Waals surface area contributed by atoms with E-state index in [1.54, 1.807) is 30.6 Å². The summed E-state index contributed by atoms with van der Waals surface area (Å²) in [5, 5.41) is 3.85. The summed E-state index contributed by atoms with van der Waals surface area (Å²) in [5.41, 5.74) is 2.13. The number of ether oxygens (including phenoxy) is 2. The number of hydrogen-bond donors (Lipinski definition) is 1. The van der Waals surface area contributed by atoms with Crippen molar-refractivity contribution in [1.82, 2.24) is 4.90 Å². The minimum Gasteiger partial charge on any atom is -0.497 e. The van der Waals surface area contributed by atoms with E-state index in [9.17, 15) is 9.59 Å². The van der Waals surface area contributed by atoms with Crippen LogP contribution in [0.3, 0.4) is 0 Å². The van der Waals surface area contributed by atoms with Gasteiger partial charge in [-0.05, 0) is 75.7 Å². The van der Waals surface area contributed by atoms with Gasteiger partial charge in [-0.25, -0.2) is 0 Å². The maximum absolute atomic E-state index is 12.8. The molecule has 2 aromatic heterocycles. The third kappa shape index (κ3) is 5.34. The number of nitrogens with one attached hydrogen (secondary N) is 1. The highest BCUT2D eigenvalue weighted by atomic mass is 32.1. The number of anilines is 1. The third-order valence-corrected chi connectivity index (χ3v) is 7.08. The Labute approximate surface area is 203 Å². The summed E-state index contributed by atoms with van der Waals surface area (Å²) in [6, 6.07) is 13.4. The molecule has 0 aliphatic carbocycles. The second-order valence-corrected chi connectivity index (χ2v) is 9.57. The van der Waals surface area contributed by atoms with Crippen LogP contribution in [0.25, 0.3) is 0 Å². The van der Waals surface area contributed by atoms with Gasteiger partial charge in [-0.2, -0.15) is 0 Å². The largest absolute Gasteiger partial charge is 0.497 e. The van der Waals surface area contributed by atoms with Gasteiger partial charge in [0.25, 0.3) is 5.91 Å². The van der Waals surface area contributed by atoms with E-state index in [0.29, 0.717) is 6.61 Å². The summed E-state index contributed by atoms with van der Waals surface area (Å²) in [5.74, 6) is 0.600. The van der Waals surface area contributed by atoms with Crippen LogP contribution in [0.2, 0.25) is 0 Å². The first-order valence-electron chi connectivity index (χ1n) is 11.5. The minimum atomic E-state index is -0.275. The summed E-state index contributed by atoms with van der Waals surface area (Å²) in [7, 11) is 1.65. The maximum Gasteiger partial charge on any atom is 0.309 e. The van der Waals surface area contributed by atoms with E-state index in [0.717, 1.165) is 52.7 Å². The fourth-order valence-corrected chi connectivity index (χ4v) is 5.37. The average Bonchev–Trinajstić information content (AvgIpc) is 3.51. The predicted molar refractivity (Wildman–Crippen MR) is 131 cm³/mol. The average molecular weight is 483 g/mol. The molecule has 0 bridgehead atoms. The molecule has 0 radical (unpaired) electrons. The number of likely N-dealkylation sites (tertiary alicyclic amines) is 1. The Morgan fingerprint density at radius 1 is 1.21 bits per heavy atom. The van der Waals surface area contributed by atoms with Crippen molar-refractivity contribution < 1.29 is 23.5 Å². The van der Waals surface area contributed by atoms with E-state index in [1.807, 2.05) is 26.0 Å². The van der Waals surface area contributed by atoms with Gasteiger partial charge in [0.05, 0.1) is 31.9 Å². The normalized spacial score (nSPS) is 15.6. The zero-order chi connectivity index (χ0) is 24.1. The molecule has 3 heterocycles. The lowest BCUT2D eigenvalue weighted by molar-refractivity contribution is -0.149. The number of furan rings is 1. The number of amides is 1. The second kappa shape index (κ2) is 10.9. The van der Waals surface area contributed by atoms with Crippen LogP contribution in [0.4, 0.5) is 5.00 Å². The van der Waals surface area contributed by atoms with Gasteiger partial charge in [0, 0.05) is 10.4 Å². The van der Waals surface area contributed by atoms with E-state index in [2.05, 4.69) is 28.4 Å². The molecule has 1 fully saturated rings. The first-order chi connectivity index (χ1) is 16.5. The fourth-order valence-electron chi connectivity index (χ4n) is 4.43. The highest BCUT2D eigenvalue weighted by Gasteiger charge is 2.33. The molecule has 1 N–H and O–H groups in total. The number of aryl methyl sites for hydroxylation is 1. The first kappa shape index (κ1) is 24.0. The number of carbonyl (C=O) groups excluding carboxylic acids is 2. The Balaban J connectivity index is 1.64. The van der Waals surface area contributed by atoms with Crippen LogP contribution in [-0.2, 0) is 9.53 Å². The molecule has 8 heteroatoms. The Morgan fingerprint density at radius 3 is 2.56 bits per heavy atom. The summed E-state index contributed by atoms with van der Waals surface area (Å²) in [6.45, 7) is 5.78. The number of nitrogens with zero attached hydrogens (tertiary/aromatic N) is 1. The molecule has 34 heavy (non-hydrogen) atoms. The van der Waals surface area contributed by atoms with Gasteiger partial charge in [-0.3, -0.25) is 14.5 Å². The van der Waals surface area contributed by atoms with E-state index in [-0.39, 0.29) is 29.6 Å². The second-order valence-electron chi connectivity index (χ2n) is 8.31. The number of esters is 1. The van der Waals surface area contributed by atoms with Gasteiger partial charge >= 0.3 is 5.97 Å². The van der Waals surface area contributed by atoms with Crippen molar-refractivity contribution in [3.63, 3.8) is 0 Å². The summed E-state index contributed by atoms with van der Waals surface area (Å²) in [4.78, 5) is 28.5. The molecule has 0 spiro atoms. The molecule has 1 atom stereocenters. The van der Waals surface area contributed by atoms with Crippen LogP contribution < -0.4 is 10.1 Å². The van der Waals surface area contributed by atoms with Crippen LogP contribution in [-0.4, -0.2) is 43.6 Å². The lowest BCUT2D eigenvalue weighted by atomic mass is 9.91. The standard InChI is InChI=1S/C26H30N2O5S/c1-4-32-26(30)19-11-13-28(14-12-19)23(18-7-9-20(31-3)10-8-18)21-16-17(2)34-25(21)27-24(29)22-6-5-15-33-22/h5-10,15-16,19,23H,4,11-14H2,1-3H3,(H,27,29). The number of thiophene rings is 1. The van der Waals surface area contributed by atoms with Crippen molar-refractivity contribution in [3.05, 3.63) is 70.5 Å². The maximum atomic E-state index is 12.8. The summed E-state index contributed by atoms with van der Waals surface area (Å²) >= 11 is 1.55. The molecule has 1 saturated heterocycles. The van der Waals surface area contributed by atoms with E-state index in [4.69, 9.17) is 13.9 Å². The van der Waals surface area contributed by atoms with Crippen molar-refractivity contribution >= 4 is 28.2 Å². The lowest BCUT2D eigenvalue weighted by Crippen LogP contribution is -2.39. The molecule has 1 aliphatic heterocycles. The Hall–Kier alpha value is -3.10. The number of methoxy groups -OCH3 is 1. The predicted octanol–water partition coefficient (Wildman–Crippen LogP) is 5.27. The van der Waals surface area contributed by atoms with Crippen molar-refractivity contribution in [2.45, 2.75) is 32.7 Å². The molecule has 1 amide bonds. The van der Waals surface area contributed by atoms with Gasteiger partial charge in [0.1, 0.15) is 10.8 Å². The van der Waals surface area contributed by atoms with Gasteiger partial charge in [-0.15, -0.1) is 11.3 Å². The molecule has 3 aromatic rings. The molecule has 1 unspecified atom stereocenters. The van der Waals surface area contributed by atoms with Crippen LogP contribution in [0.15, 0.2) is 53.1 Å². The molecule has 1 aliphatic rings. The SMILES string of the molecule is CCOC(=O)C1CCN(C(c2ccc(OC)cc2)c2cc(C)sc2NC(=O)c2ccco2)CC1. The van der Waals surface area contributed by atoms with E-state index in [1.165, 1.54) is 6.26 Å². The number of benzene rings is 1. The monoisotopic (exact) mass is 482 g/mol. The quantitative estimate of drug-likeness (QED) is 0.440. The van der Waals surface area contributed by atoms with E-state index < -0.39 is 0 Å². The van der Waals surface area contributed by atoms with Gasteiger partial charge in [0.2, 0.25) is 0 Å². The van der Waals surface area contributed by atoms with Crippen LogP contribution in [0, 0.1) is 12.8 Å². The Kier molecular flexibility index (Phi) is 7.70. The summed E-state index contributed by atoms with van der Waals surface area (Å²) in [6.07, 6.45) is 2.97. The highest BCUT2D eigenvalue weighted by molar-refractivity contribution is 7.16. The molecule has 1 aromatic carbocycles. The van der Waals surface area contributed by atoms with Gasteiger partial charge in [-0.1, -0.05) is 12.1 Å². The van der Waals surface area contributed by atoms with E-state index >= 15 is 0 Å². The van der Waals surface area contributed by atoms with Crippen molar-refractivity contribution in [2.75, 3.05) is 32.1 Å². The topological polar surface area (TPSA) is 81.0 Å². The fraction of sp³-hybridized carbons (Fsp3) is 0.385. The van der Waals surface area contributed by atoms with Crippen LogP contribution in [0.1, 0.15) is 52.4 Å². The number of piperidine rings is 1. The van der Waals surface area contributed by atoms with Crippen LogP contribution >= 0.6 is 11.3 Å². The number of rotatable bonds is 8. The molecule has 4 rings (SSSR count). The number of carbonyl (C=O) groups is 2. The molecule has 7 nitrogen and oxygen atoms in total.